The minimum atomic E-state index is -0.261. The summed E-state index contributed by atoms with van der Waals surface area (Å²) in [6.07, 6.45) is 0.821. The first-order chi connectivity index (χ1) is 13.7. The molecule has 0 aliphatic heterocycles. The Balaban J connectivity index is 1.43. The van der Waals surface area contributed by atoms with Crippen LogP contribution in [0.25, 0.3) is 11.4 Å². The van der Waals surface area contributed by atoms with Crippen molar-refractivity contribution in [1.29, 1.82) is 0 Å². The molecular formula is C20H21N5O2S. The van der Waals surface area contributed by atoms with Crippen LogP contribution >= 0.6 is 11.8 Å². The molecule has 0 unspecified atom stereocenters. The fourth-order valence-corrected chi connectivity index (χ4v) is 3.17. The first kappa shape index (κ1) is 19.6. The van der Waals surface area contributed by atoms with E-state index in [1.807, 2.05) is 61.5 Å². The molecule has 28 heavy (non-hydrogen) atoms. The summed E-state index contributed by atoms with van der Waals surface area (Å²) in [5, 5.41) is 12.9. The van der Waals surface area contributed by atoms with E-state index in [9.17, 15) is 9.59 Å². The van der Waals surface area contributed by atoms with Gasteiger partial charge >= 0.3 is 0 Å². The largest absolute Gasteiger partial charge is 0.346 e. The number of amides is 2. The SMILES string of the molecule is CCc1ccccc1NC(=O)CNC(=O)CSc1n[nH]c(-c2ccccc2)n1. The summed E-state index contributed by atoms with van der Waals surface area (Å²) in [4.78, 5) is 28.4. The average Bonchev–Trinajstić information content (AvgIpc) is 3.21. The number of nitrogens with one attached hydrogen (secondary N) is 3. The molecule has 144 valence electrons. The summed E-state index contributed by atoms with van der Waals surface area (Å²) in [5.41, 5.74) is 2.75. The van der Waals surface area contributed by atoms with E-state index in [1.165, 1.54) is 11.8 Å². The predicted molar refractivity (Wildman–Crippen MR) is 110 cm³/mol. The maximum atomic E-state index is 12.1. The fourth-order valence-electron chi connectivity index (χ4n) is 2.54. The normalized spacial score (nSPS) is 10.5. The minimum Gasteiger partial charge on any atom is -0.346 e. The third-order valence-corrected chi connectivity index (χ3v) is 4.81. The Morgan fingerprint density at radius 3 is 2.57 bits per heavy atom. The van der Waals surface area contributed by atoms with Gasteiger partial charge in [0, 0.05) is 11.3 Å². The van der Waals surface area contributed by atoms with Gasteiger partial charge in [0.05, 0.1) is 12.3 Å². The van der Waals surface area contributed by atoms with Gasteiger partial charge in [-0.05, 0) is 18.1 Å². The lowest BCUT2D eigenvalue weighted by atomic mass is 10.1. The van der Waals surface area contributed by atoms with Crippen molar-refractivity contribution in [3.05, 3.63) is 60.2 Å². The number of thioether (sulfide) groups is 1. The Morgan fingerprint density at radius 2 is 1.79 bits per heavy atom. The molecule has 2 amide bonds. The Hall–Kier alpha value is -3.13. The minimum absolute atomic E-state index is 0.0826. The highest BCUT2D eigenvalue weighted by atomic mass is 32.2. The molecule has 1 aromatic heterocycles. The Kier molecular flexibility index (Phi) is 6.80. The van der Waals surface area contributed by atoms with Crippen LogP contribution < -0.4 is 10.6 Å². The molecule has 0 saturated heterocycles. The number of carbonyl (C=O) groups excluding carboxylic acids is 2. The topological polar surface area (TPSA) is 99.8 Å². The number of hydrogen-bond donors (Lipinski definition) is 3. The van der Waals surface area contributed by atoms with Gasteiger partial charge in [-0.2, -0.15) is 0 Å². The summed E-state index contributed by atoms with van der Waals surface area (Å²) in [5.74, 6) is 0.265. The molecule has 0 atom stereocenters. The van der Waals surface area contributed by atoms with Crippen LogP contribution in [0.2, 0.25) is 0 Å². The number of para-hydroxylation sites is 1. The van der Waals surface area contributed by atoms with Gasteiger partial charge in [0.1, 0.15) is 0 Å². The molecule has 0 aliphatic rings. The number of rotatable bonds is 8. The monoisotopic (exact) mass is 395 g/mol. The van der Waals surface area contributed by atoms with Gasteiger partial charge in [0.15, 0.2) is 5.82 Å². The molecule has 7 nitrogen and oxygen atoms in total. The van der Waals surface area contributed by atoms with Crippen molar-refractivity contribution in [1.82, 2.24) is 20.5 Å². The van der Waals surface area contributed by atoms with Crippen molar-refractivity contribution in [2.24, 2.45) is 0 Å². The van der Waals surface area contributed by atoms with Gasteiger partial charge in [-0.15, -0.1) is 5.10 Å². The van der Waals surface area contributed by atoms with Crippen LogP contribution in [0.1, 0.15) is 12.5 Å². The molecule has 3 aromatic rings. The van der Waals surface area contributed by atoms with Gasteiger partial charge in [-0.25, -0.2) is 4.98 Å². The zero-order valence-electron chi connectivity index (χ0n) is 15.4. The summed E-state index contributed by atoms with van der Waals surface area (Å²) in [6, 6.07) is 17.2. The number of aromatic amines is 1. The maximum Gasteiger partial charge on any atom is 0.243 e. The van der Waals surface area contributed by atoms with Crippen molar-refractivity contribution in [3.8, 4) is 11.4 Å². The van der Waals surface area contributed by atoms with Gasteiger partial charge in [0.25, 0.3) is 0 Å². The Bertz CT molecular complexity index is 943. The van der Waals surface area contributed by atoms with Gasteiger partial charge in [-0.3, -0.25) is 14.7 Å². The molecule has 0 saturated carbocycles. The number of anilines is 1. The van der Waals surface area contributed by atoms with Crippen LogP contribution in [0.15, 0.2) is 59.8 Å². The summed E-state index contributed by atoms with van der Waals surface area (Å²) < 4.78 is 0. The number of carbonyl (C=O) groups is 2. The highest BCUT2D eigenvalue weighted by Crippen LogP contribution is 2.18. The standard InChI is InChI=1S/C20H21N5O2S/c1-2-14-8-6-7-11-16(14)22-17(26)12-21-18(27)13-28-20-23-19(24-25-20)15-9-4-3-5-10-15/h3-11H,2,12-13H2,1H3,(H,21,27)(H,22,26)(H,23,24,25). The molecule has 1 heterocycles. The van der Waals surface area contributed by atoms with E-state index < -0.39 is 0 Å². The highest BCUT2D eigenvalue weighted by Gasteiger charge is 2.11. The van der Waals surface area contributed by atoms with Gasteiger partial charge < -0.3 is 10.6 Å². The number of hydrogen-bond acceptors (Lipinski definition) is 5. The maximum absolute atomic E-state index is 12.1. The van der Waals surface area contributed by atoms with E-state index in [0.29, 0.717) is 11.0 Å². The van der Waals surface area contributed by atoms with Gasteiger partial charge in [0.2, 0.25) is 17.0 Å². The van der Waals surface area contributed by atoms with E-state index in [4.69, 9.17) is 0 Å². The second-order valence-corrected chi connectivity index (χ2v) is 6.90. The predicted octanol–water partition coefficient (Wildman–Crippen LogP) is 2.88. The molecular weight excluding hydrogens is 374 g/mol. The smallest absolute Gasteiger partial charge is 0.243 e. The lowest BCUT2D eigenvalue weighted by molar-refractivity contribution is -0.122. The zero-order valence-corrected chi connectivity index (χ0v) is 16.3. The summed E-state index contributed by atoms with van der Waals surface area (Å²) >= 11 is 1.21. The van der Waals surface area contributed by atoms with E-state index >= 15 is 0 Å². The number of aryl methyl sites for hydroxylation is 1. The second-order valence-electron chi connectivity index (χ2n) is 5.96. The quantitative estimate of drug-likeness (QED) is 0.509. The molecule has 2 aromatic carbocycles. The molecule has 0 radical (unpaired) electrons. The molecule has 3 N–H and O–H groups in total. The zero-order chi connectivity index (χ0) is 19.8. The first-order valence-corrected chi connectivity index (χ1v) is 9.89. The Morgan fingerprint density at radius 1 is 1.04 bits per heavy atom. The van der Waals surface area contributed by atoms with Crippen LogP contribution in [0.5, 0.6) is 0 Å². The fraction of sp³-hybridized carbons (Fsp3) is 0.200. The van der Waals surface area contributed by atoms with Crippen LogP contribution in [0.3, 0.4) is 0 Å². The number of nitrogens with zero attached hydrogens (tertiary/aromatic N) is 2. The van der Waals surface area contributed by atoms with Crippen molar-refractivity contribution in [2.45, 2.75) is 18.5 Å². The molecule has 0 bridgehead atoms. The van der Waals surface area contributed by atoms with Crippen molar-refractivity contribution >= 4 is 29.3 Å². The average molecular weight is 395 g/mol. The van der Waals surface area contributed by atoms with Crippen LogP contribution in [0.4, 0.5) is 5.69 Å². The number of benzene rings is 2. The van der Waals surface area contributed by atoms with E-state index in [-0.39, 0.29) is 24.1 Å². The lowest BCUT2D eigenvalue weighted by Gasteiger charge is -2.10. The van der Waals surface area contributed by atoms with E-state index in [1.54, 1.807) is 0 Å². The molecule has 8 heteroatoms. The Labute approximate surface area is 167 Å². The highest BCUT2D eigenvalue weighted by molar-refractivity contribution is 7.99. The van der Waals surface area contributed by atoms with Crippen LogP contribution in [-0.4, -0.2) is 39.3 Å². The van der Waals surface area contributed by atoms with Crippen LogP contribution in [0, 0.1) is 0 Å². The van der Waals surface area contributed by atoms with Crippen molar-refractivity contribution < 1.29 is 9.59 Å². The van der Waals surface area contributed by atoms with Crippen molar-refractivity contribution in [2.75, 3.05) is 17.6 Å². The van der Waals surface area contributed by atoms with Crippen molar-refractivity contribution in [3.63, 3.8) is 0 Å². The first-order valence-electron chi connectivity index (χ1n) is 8.90. The molecule has 0 fully saturated rings. The lowest BCUT2D eigenvalue weighted by Crippen LogP contribution is -2.34. The van der Waals surface area contributed by atoms with Crippen LogP contribution in [-0.2, 0) is 16.0 Å². The summed E-state index contributed by atoms with van der Waals surface area (Å²) in [7, 11) is 0. The molecule has 0 spiro atoms. The third-order valence-electron chi connectivity index (χ3n) is 3.96. The third kappa shape index (κ3) is 5.43. The summed E-state index contributed by atoms with van der Waals surface area (Å²) in [6.45, 7) is 1.94. The van der Waals surface area contributed by atoms with E-state index in [2.05, 4.69) is 25.8 Å². The molecule has 3 rings (SSSR count). The van der Waals surface area contributed by atoms with E-state index in [0.717, 1.165) is 23.2 Å². The van der Waals surface area contributed by atoms with Gasteiger partial charge in [-0.1, -0.05) is 67.2 Å². The number of H-pyrrole nitrogens is 1. The molecule has 0 aliphatic carbocycles. The second kappa shape index (κ2) is 9.70. The number of aromatic nitrogens is 3.